The molecular formula is C14H21N. The van der Waals surface area contributed by atoms with Crippen LogP contribution in [0.2, 0.25) is 0 Å². The van der Waals surface area contributed by atoms with E-state index in [-0.39, 0.29) is 0 Å². The topological polar surface area (TPSA) is 12.0 Å². The highest BCUT2D eigenvalue weighted by Crippen LogP contribution is 2.32. The van der Waals surface area contributed by atoms with Gasteiger partial charge in [0.15, 0.2) is 0 Å². The lowest BCUT2D eigenvalue weighted by Crippen LogP contribution is -2.34. The zero-order chi connectivity index (χ0) is 10.8. The lowest BCUT2D eigenvalue weighted by molar-refractivity contribution is 0.348. The van der Waals surface area contributed by atoms with E-state index in [2.05, 4.69) is 44.3 Å². The number of benzene rings is 1. The normalized spacial score (nSPS) is 26.6. The van der Waals surface area contributed by atoms with Gasteiger partial charge in [-0.3, -0.25) is 0 Å². The van der Waals surface area contributed by atoms with Crippen LogP contribution in [0.4, 0.5) is 0 Å². The third kappa shape index (κ3) is 2.07. The number of piperidine rings is 1. The SMILES string of the molecule is Cc1cccc(C2CCNCC2C)c1C. The highest BCUT2D eigenvalue weighted by Gasteiger charge is 2.23. The van der Waals surface area contributed by atoms with Crippen molar-refractivity contribution in [3.8, 4) is 0 Å². The lowest BCUT2D eigenvalue weighted by atomic mass is 9.80. The summed E-state index contributed by atoms with van der Waals surface area (Å²) < 4.78 is 0. The average molecular weight is 203 g/mol. The molecule has 0 bridgehead atoms. The molecule has 1 nitrogen and oxygen atoms in total. The number of aryl methyl sites for hydroxylation is 1. The zero-order valence-corrected chi connectivity index (χ0v) is 10.0. The van der Waals surface area contributed by atoms with Crippen LogP contribution >= 0.6 is 0 Å². The van der Waals surface area contributed by atoms with Gasteiger partial charge < -0.3 is 5.32 Å². The largest absolute Gasteiger partial charge is 0.316 e. The van der Waals surface area contributed by atoms with E-state index < -0.39 is 0 Å². The van der Waals surface area contributed by atoms with Crippen LogP contribution in [-0.2, 0) is 0 Å². The molecule has 1 aliphatic rings. The quantitative estimate of drug-likeness (QED) is 0.740. The summed E-state index contributed by atoms with van der Waals surface area (Å²) in [5, 5.41) is 3.47. The second-order valence-corrected chi connectivity index (χ2v) is 4.87. The van der Waals surface area contributed by atoms with Crippen molar-refractivity contribution in [1.29, 1.82) is 0 Å². The molecule has 0 radical (unpaired) electrons. The van der Waals surface area contributed by atoms with E-state index in [4.69, 9.17) is 0 Å². The minimum atomic E-state index is 0.756. The molecule has 1 aromatic rings. The number of rotatable bonds is 1. The minimum Gasteiger partial charge on any atom is -0.316 e. The van der Waals surface area contributed by atoms with Crippen LogP contribution in [0, 0.1) is 19.8 Å². The maximum absolute atomic E-state index is 3.47. The first kappa shape index (κ1) is 10.7. The molecule has 2 unspecified atom stereocenters. The third-order valence-electron chi connectivity index (χ3n) is 3.83. The van der Waals surface area contributed by atoms with Crippen molar-refractivity contribution in [3.05, 3.63) is 34.9 Å². The Morgan fingerprint density at radius 3 is 2.80 bits per heavy atom. The van der Waals surface area contributed by atoms with Gasteiger partial charge in [-0.1, -0.05) is 25.1 Å². The van der Waals surface area contributed by atoms with Crippen molar-refractivity contribution in [2.75, 3.05) is 13.1 Å². The highest BCUT2D eigenvalue weighted by molar-refractivity contribution is 5.36. The second kappa shape index (κ2) is 4.36. The summed E-state index contributed by atoms with van der Waals surface area (Å²) in [6.45, 7) is 9.17. The monoisotopic (exact) mass is 203 g/mol. The van der Waals surface area contributed by atoms with Gasteiger partial charge in [0.2, 0.25) is 0 Å². The standard InChI is InChI=1S/C14H21N/c1-10-5-4-6-14(12(10)3)13-7-8-15-9-11(13)2/h4-6,11,13,15H,7-9H2,1-3H3. The Morgan fingerprint density at radius 1 is 1.27 bits per heavy atom. The summed E-state index contributed by atoms with van der Waals surface area (Å²) in [6, 6.07) is 6.73. The first-order chi connectivity index (χ1) is 7.20. The fraction of sp³-hybridized carbons (Fsp3) is 0.571. The average Bonchev–Trinajstić information content (AvgIpc) is 2.23. The van der Waals surface area contributed by atoms with Crippen LogP contribution in [-0.4, -0.2) is 13.1 Å². The second-order valence-electron chi connectivity index (χ2n) is 4.87. The van der Waals surface area contributed by atoms with Gasteiger partial charge in [0.25, 0.3) is 0 Å². The van der Waals surface area contributed by atoms with Crippen molar-refractivity contribution in [2.24, 2.45) is 5.92 Å². The van der Waals surface area contributed by atoms with Crippen LogP contribution in [0.3, 0.4) is 0 Å². The predicted molar refractivity (Wildman–Crippen MR) is 65.3 cm³/mol. The lowest BCUT2D eigenvalue weighted by Gasteiger charge is -2.31. The van der Waals surface area contributed by atoms with Gasteiger partial charge in [-0.25, -0.2) is 0 Å². The summed E-state index contributed by atoms with van der Waals surface area (Å²) in [4.78, 5) is 0. The van der Waals surface area contributed by atoms with Crippen molar-refractivity contribution in [1.82, 2.24) is 5.32 Å². The summed E-state index contributed by atoms with van der Waals surface area (Å²) in [7, 11) is 0. The van der Waals surface area contributed by atoms with Gasteiger partial charge in [0.1, 0.15) is 0 Å². The van der Waals surface area contributed by atoms with Crippen molar-refractivity contribution in [3.63, 3.8) is 0 Å². The number of hydrogen-bond acceptors (Lipinski definition) is 1. The number of hydrogen-bond donors (Lipinski definition) is 1. The molecule has 0 spiro atoms. The van der Waals surface area contributed by atoms with Crippen LogP contribution < -0.4 is 5.32 Å². The van der Waals surface area contributed by atoms with Gasteiger partial charge in [-0.15, -0.1) is 0 Å². The Bertz CT molecular complexity index is 343. The summed E-state index contributed by atoms with van der Waals surface area (Å²) in [6.07, 6.45) is 1.28. The Balaban J connectivity index is 2.31. The molecule has 2 rings (SSSR count). The van der Waals surface area contributed by atoms with Crippen LogP contribution in [0.25, 0.3) is 0 Å². The van der Waals surface area contributed by atoms with E-state index in [0.717, 1.165) is 18.4 Å². The molecule has 0 aliphatic carbocycles. The molecule has 1 N–H and O–H groups in total. The Labute approximate surface area is 92.9 Å². The van der Waals surface area contributed by atoms with Crippen molar-refractivity contribution in [2.45, 2.75) is 33.1 Å². The molecule has 1 heterocycles. The molecular weight excluding hydrogens is 182 g/mol. The molecule has 1 heteroatoms. The molecule has 15 heavy (non-hydrogen) atoms. The fourth-order valence-electron chi connectivity index (χ4n) is 2.65. The van der Waals surface area contributed by atoms with Crippen LogP contribution in [0.1, 0.15) is 36.0 Å². The van der Waals surface area contributed by atoms with E-state index in [1.807, 2.05) is 0 Å². The molecule has 0 aromatic heterocycles. The Kier molecular flexibility index (Phi) is 3.11. The minimum absolute atomic E-state index is 0.756. The van der Waals surface area contributed by atoms with Gasteiger partial charge in [-0.05, 0) is 61.9 Å². The number of nitrogens with one attached hydrogen (secondary N) is 1. The molecule has 2 atom stereocenters. The van der Waals surface area contributed by atoms with Gasteiger partial charge in [0, 0.05) is 0 Å². The highest BCUT2D eigenvalue weighted by atomic mass is 14.9. The molecule has 0 saturated carbocycles. The third-order valence-corrected chi connectivity index (χ3v) is 3.83. The summed E-state index contributed by atoms with van der Waals surface area (Å²) >= 11 is 0. The van der Waals surface area contributed by atoms with Gasteiger partial charge >= 0.3 is 0 Å². The van der Waals surface area contributed by atoms with E-state index in [0.29, 0.717) is 0 Å². The predicted octanol–water partition coefficient (Wildman–Crippen LogP) is 3.02. The van der Waals surface area contributed by atoms with Crippen LogP contribution in [0.15, 0.2) is 18.2 Å². The summed E-state index contributed by atoms with van der Waals surface area (Å²) in [5.74, 6) is 1.52. The molecule has 1 fully saturated rings. The first-order valence-corrected chi connectivity index (χ1v) is 5.97. The maximum atomic E-state index is 3.47. The smallest absolute Gasteiger partial charge is 0.00173 e. The van der Waals surface area contributed by atoms with Gasteiger partial charge in [0.05, 0.1) is 0 Å². The van der Waals surface area contributed by atoms with E-state index in [1.54, 1.807) is 5.56 Å². The molecule has 1 saturated heterocycles. The van der Waals surface area contributed by atoms with Gasteiger partial charge in [-0.2, -0.15) is 0 Å². The fourth-order valence-corrected chi connectivity index (χ4v) is 2.65. The Hall–Kier alpha value is -0.820. The molecule has 0 amide bonds. The molecule has 1 aliphatic heterocycles. The first-order valence-electron chi connectivity index (χ1n) is 5.97. The van der Waals surface area contributed by atoms with Crippen LogP contribution in [0.5, 0.6) is 0 Å². The maximum Gasteiger partial charge on any atom is -0.00173 e. The van der Waals surface area contributed by atoms with Crippen molar-refractivity contribution >= 4 is 0 Å². The zero-order valence-electron chi connectivity index (χ0n) is 10.0. The van der Waals surface area contributed by atoms with E-state index in [9.17, 15) is 0 Å². The Morgan fingerprint density at radius 2 is 2.07 bits per heavy atom. The van der Waals surface area contributed by atoms with E-state index >= 15 is 0 Å². The molecule has 82 valence electrons. The van der Waals surface area contributed by atoms with E-state index in [1.165, 1.54) is 24.1 Å². The summed E-state index contributed by atoms with van der Waals surface area (Å²) in [5.41, 5.74) is 4.50. The van der Waals surface area contributed by atoms with Crippen molar-refractivity contribution < 1.29 is 0 Å². The molecule has 1 aromatic carbocycles.